The van der Waals surface area contributed by atoms with Crippen LogP contribution in [0.2, 0.25) is 0 Å². The maximum atomic E-state index is 9.05. The molecule has 60 valence electrons. The topological polar surface area (TPSA) is 58.9 Å². The Hall–Kier alpha value is -0.160. The Bertz CT molecular complexity index is 89.7. The van der Waals surface area contributed by atoms with E-state index in [1.165, 1.54) is 0 Å². The number of hydrogen-bond acceptors (Lipinski definition) is 4. The molecule has 0 aromatic heterocycles. The lowest BCUT2D eigenvalue weighted by molar-refractivity contribution is -0.174. The molecule has 0 bridgehead atoms. The lowest BCUT2D eigenvalue weighted by Crippen LogP contribution is -2.36. The second-order valence-electron chi connectivity index (χ2n) is 2.27. The molecule has 2 N–H and O–H groups in total. The van der Waals surface area contributed by atoms with E-state index in [1.807, 2.05) is 0 Å². The summed E-state index contributed by atoms with van der Waals surface area (Å²) < 4.78 is 9.88. The highest BCUT2D eigenvalue weighted by atomic mass is 16.7. The Labute approximate surface area is 59.4 Å². The summed E-state index contributed by atoms with van der Waals surface area (Å²) in [6, 6.07) is 0. The Morgan fingerprint density at radius 2 is 2.40 bits per heavy atom. The fraction of sp³-hybridized carbons (Fsp3) is 1.00. The predicted octanol–water partition coefficient (Wildman–Crippen LogP) is -0.897. The van der Waals surface area contributed by atoms with Gasteiger partial charge in [0.1, 0.15) is 12.9 Å². The van der Waals surface area contributed by atoms with E-state index in [1.54, 1.807) is 0 Å². The molecular formula is C6H12O4. The molecule has 2 unspecified atom stereocenters. The van der Waals surface area contributed by atoms with Crippen LogP contribution in [0.1, 0.15) is 6.42 Å². The van der Waals surface area contributed by atoms with Crippen molar-refractivity contribution in [1.82, 2.24) is 0 Å². The molecular weight excluding hydrogens is 136 g/mol. The fourth-order valence-corrected chi connectivity index (χ4v) is 0.898. The lowest BCUT2D eigenvalue weighted by Gasteiger charge is -2.25. The molecule has 1 aliphatic rings. The summed E-state index contributed by atoms with van der Waals surface area (Å²) in [7, 11) is 0. The summed E-state index contributed by atoms with van der Waals surface area (Å²) in [5, 5.41) is 17.6. The molecule has 0 aromatic rings. The van der Waals surface area contributed by atoms with Crippen molar-refractivity contribution in [3.63, 3.8) is 0 Å². The van der Waals surface area contributed by atoms with Crippen LogP contribution in [-0.4, -0.2) is 42.4 Å². The van der Waals surface area contributed by atoms with Gasteiger partial charge in [0, 0.05) is 0 Å². The summed E-state index contributed by atoms with van der Waals surface area (Å²) in [4.78, 5) is 0. The van der Waals surface area contributed by atoms with Crippen LogP contribution in [0.15, 0.2) is 0 Å². The molecule has 1 rings (SSSR count). The zero-order valence-corrected chi connectivity index (χ0v) is 5.69. The Morgan fingerprint density at radius 3 is 2.90 bits per heavy atom. The number of hydrogen-bond donors (Lipinski definition) is 2. The van der Waals surface area contributed by atoms with Gasteiger partial charge in [-0.1, -0.05) is 0 Å². The van der Waals surface area contributed by atoms with E-state index in [0.29, 0.717) is 13.0 Å². The van der Waals surface area contributed by atoms with Crippen molar-refractivity contribution in [2.24, 2.45) is 0 Å². The van der Waals surface area contributed by atoms with Gasteiger partial charge in [0.15, 0.2) is 0 Å². The Kier molecular flexibility index (Phi) is 3.08. The molecule has 10 heavy (non-hydrogen) atoms. The van der Waals surface area contributed by atoms with E-state index in [-0.39, 0.29) is 19.5 Å². The molecule has 1 heterocycles. The van der Waals surface area contributed by atoms with Crippen molar-refractivity contribution in [2.45, 2.75) is 18.6 Å². The first kappa shape index (κ1) is 7.94. The molecule has 0 aliphatic carbocycles. The third-order valence-corrected chi connectivity index (χ3v) is 1.53. The monoisotopic (exact) mass is 148 g/mol. The molecule has 0 radical (unpaired) electrons. The van der Waals surface area contributed by atoms with Crippen LogP contribution in [0.4, 0.5) is 0 Å². The number of rotatable bonds is 2. The summed E-state index contributed by atoms with van der Waals surface area (Å²) in [5.74, 6) is 0. The van der Waals surface area contributed by atoms with Gasteiger partial charge in [0.05, 0.1) is 19.3 Å². The minimum absolute atomic E-state index is 0.224. The smallest absolute Gasteiger partial charge is 0.147 e. The quantitative estimate of drug-likeness (QED) is 0.533. The van der Waals surface area contributed by atoms with Crippen molar-refractivity contribution < 1.29 is 19.7 Å². The number of aliphatic hydroxyl groups excluding tert-OH is 2. The second-order valence-corrected chi connectivity index (χ2v) is 2.27. The van der Waals surface area contributed by atoms with Gasteiger partial charge in [-0.15, -0.1) is 0 Å². The van der Waals surface area contributed by atoms with E-state index < -0.39 is 6.10 Å². The Morgan fingerprint density at radius 1 is 1.60 bits per heavy atom. The van der Waals surface area contributed by atoms with E-state index in [2.05, 4.69) is 0 Å². The highest BCUT2D eigenvalue weighted by Gasteiger charge is 2.21. The standard InChI is InChI=1S/C6H12O4/c7-3-5(8)6-1-2-9-4-10-6/h5-8H,1-4H2. The van der Waals surface area contributed by atoms with Crippen molar-refractivity contribution in [3.05, 3.63) is 0 Å². The molecule has 0 aromatic carbocycles. The maximum absolute atomic E-state index is 9.05. The van der Waals surface area contributed by atoms with Crippen LogP contribution in [-0.2, 0) is 9.47 Å². The van der Waals surface area contributed by atoms with Crippen LogP contribution >= 0.6 is 0 Å². The Balaban J connectivity index is 2.24. The molecule has 2 atom stereocenters. The van der Waals surface area contributed by atoms with Gasteiger partial charge in [0.25, 0.3) is 0 Å². The first-order valence-electron chi connectivity index (χ1n) is 3.33. The van der Waals surface area contributed by atoms with Gasteiger partial charge in [-0.2, -0.15) is 0 Å². The SMILES string of the molecule is OCC(O)C1CCOCO1. The average Bonchev–Trinajstić information content (AvgIpc) is 2.05. The third-order valence-electron chi connectivity index (χ3n) is 1.53. The number of ether oxygens (including phenoxy) is 2. The second kappa shape index (κ2) is 3.88. The van der Waals surface area contributed by atoms with Crippen molar-refractivity contribution in [3.8, 4) is 0 Å². The minimum Gasteiger partial charge on any atom is -0.394 e. The van der Waals surface area contributed by atoms with E-state index in [0.717, 1.165) is 0 Å². The predicted molar refractivity (Wildman–Crippen MR) is 33.4 cm³/mol. The van der Waals surface area contributed by atoms with Crippen LogP contribution in [0.3, 0.4) is 0 Å². The van der Waals surface area contributed by atoms with Gasteiger partial charge < -0.3 is 19.7 Å². The van der Waals surface area contributed by atoms with E-state index >= 15 is 0 Å². The summed E-state index contributed by atoms with van der Waals surface area (Å²) in [5.41, 5.74) is 0. The molecule has 0 spiro atoms. The maximum Gasteiger partial charge on any atom is 0.147 e. The fourth-order valence-electron chi connectivity index (χ4n) is 0.898. The van der Waals surface area contributed by atoms with Crippen molar-refractivity contribution >= 4 is 0 Å². The zero-order valence-electron chi connectivity index (χ0n) is 5.69. The normalized spacial score (nSPS) is 30.0. The molecule has 1 saturated heterocycles. The molecule has 1 fully saturated rings. The minimum atomic E-state index is -0.760. The highest BCUT2D eigenvalue weighted by molar-refractivity contribution is 4.68. The van der Waals surface area contributed by atoms with Crippen molar-refractivity contribution in [2.75, 3.05) is 20.0 Å². The van der Waals surface area contributed by atoms with E-state index in [9.17, 15) is 0 Å². The van der Waals surface area contributed by atoms with Gasteiger partial charge >= 0.3 is 0 Å². The number of aliphatic hydroxyl groups is 2. The first-order chi connectivity index (χ1) is 4.84. The summed E-state index contributed by atoms with van der Waals surface area (Å²) in [6.07, 6.45) is -0.357. The van der Waals surface area contributed by atoms with Gasteiger partial charge in [-0.3, -0.25) is 0 Å². The zero-order chi connectivity index (χ0) is 7.40. The first-order valence-corrected chi connectivity index (χ1v) is 3.33. The largest absolute Gasteiger partial charge is 0.394 e. The van der Waals surface area contributed by atoms with Gasteiger partial charge in [-0.25, -0.2) is 0 Å². The van der Waals surface area contributed by atoms with Crippen molar-refractivity contribution in [1.29, 1.82) is 0 Å². The van der Waals surface area contributed by atoms with Gasteiger partial charge in [0.2, 0.25) is 0 Å². The summed E-state index contributed by atoms with van der Waals surface area (Å²) >= 11 is 0. The molecule has 0 saturated carbocycles. The average molecular weight is 148 g/mol. The summed E-state index contributed by atoms with van der Waals surface area (Å²) in [6.45, 7) is 0.578. The lowest BCUT2D eigenvalue weighted by atomic mass is 10.1. The van der Waals surface area contributed by atoms with Crippen LogP contribution in [0.5, 0.6) is 0 Å². The van der Waals surface area contributed by atoms with Gasteiger partial charge in [-0.05, 0) is 6.42 Å². The molecule has 1 aliphatic heterocycles. The van der Waals surface area contributed by atoms with Crippen LogP contribution in [0, 0.1) is 0 Å². The molecule has 4 heteroatoms. The highest BCUT2D eigenvalue weighted by Crippen LogP contribution is 2.09. The van der Waals surface area contributed by atoms with Crippen LogP contribution in [0.25, 0.3) is 0 Å². The van der Waals surface area contributed by atoms with Crippen LogP contribution < -0.4 is 0 Å². The molecule has 0 amide bonds. The molecule has 4 nitrogen and oxygen atoms in total. The third kappa shape index (κ3) is 1.91. The van der Waals surface area contributed by atoms with E-state index in [4.69, 9.17) is 19.7 Å².